The fraction of sp³-hybridized carbons (Fsp3) is 0.391. The highest BCUT2D eigenvalue weighted by atomic mass is 32.1. The van der Waals surface area contributed by atoms with Gasteiger partial charge in [0.05, 0.1) is 5.39 Å². The third-order valence-electron chi connectivity index (χ3n) is 5.53. The summed E-state index contributed by atoms with van der Waals surface area (Å²) >= 11 is 1.72. The van der Waals surface area contributed by atoms with Crippen molar-refractivity contribution >= 4 is 39.1 Å². The number of ketones is 1. The quantitative estimate of drug-likeness (QED) is 0.539. The molecule has 1 aliphatic rings. The lowest BCUT2D eigenvalue weighted by molar-refractivity contribution is -0.131. The van der Waals surface area contributed by atoms with E-state index in [2.05, 4.69) is 27.9 Å². The number of nitrogens with zero attached hydrogens (tertiary/aromatic N) is 4. The maximum Gasteiger partial charge on any atom is 0.222 e. The number of Topliss-reactive ketones (excluding diaryl/α,β-unsaturated/α-hetero) is 1. The first-order valence-corrected chi connectivity index (χ1v) is 11.3. The van der Waals surface area contributed by atoms with Crippen LogP contribution in [0.15, 0.2) is 42.7 Å². The smallest absolute Gasteiger partial charge is 0.222 e. The molecule has 3 aromatic rings. The summed E-state index contributed by atoms with van der Waals surface area (Å²) in [6.07, 6.45) is 4.05. The molecule has 1 aliphatic heterocycles. The van der Waals surface area contributed by atoms with E-state index in [4.69, 9.17) is 0 Å². The first-order chi connectivity index (χ1) is 14.7. The molecule has 7 heteroatoms. The average Bonchev–Trinajstić information content (AvgIpc) is 3.23. The maximum atomic E-state index is 12.6. The van der Waals surface area contributed by atoms with Gasteiger partial charge in [-0.3, -0.25) is 9.59 Å². The van der Waals surface area contributed by atoms with Crippen molar-refractivity contribution in [3.63, 3.8) is 0 Å². The second kappa shape index (κ2) is 9.34. The van der Waals surface area contributed by atoms with E-state index in [0.29, 0.717) is 32.4 Å². The number of piperazine rings is 1. The van der Waals surface area contributed by atoms with Gasteiger partial charge in [0.1, 0.15) is 17.0 Å². The van der Waals surface area contributed by atoms with Gasteiger partial charge < -0.3 is 9.80 Å². The van der Waals surface area contributed by atoms with E-state index in [-0.39, 0.29) is 11.7 Å². The predicted octanol–water partition coefficient (Wildman–Crippen LogP) is 3.96. The Morgan fingerprint density at radius 2 is 1.80 bits per heavy atom. The van der Waals surface area contributed by atoms with E-state index >= 15 is 0 Å². The zero-order valence-corrected chi connectivity index (χ0v) is 18.0. The summed E-state index contributed by atoms with van der Waals surface area (Å²) in [6.45, 7) is 5.04. The maximum absolute atomic E-state index is 12.6. The number of hydrogen-bond donors (Lipinski definition) is 0. The van der Waals surface area contributed by atoms with E-state index in [1.54, 1.807) is 17.7 Å². The molecule has 0 spiro atoms. The SMILES string of the molecule is CCc1cc2c(N3CCN(C(=O)CCCC(=O)c4ccccc4)CC3)ncnc2s1. The molecule has 0 atom stereocenters. The molecule has 1 aromatic carbocycles. The molecule has 156 valence electrons. The lowest BCUT2D eigenvalue weighted by atomic mass is 10.1. The molecule has 6 nitrogen and oxygen atoms in total. The molecule has 0 unspecified atom stereocenters. The monoisotopic (exact) mass is 422 g/mol. The van der Waals surface area contributed by atoms with Gasteiger partial charge in [-0.25, -0.2) is 9.97 Å². The van der Waals surface area contributed by atoms with Crippen LogP contribution in [-0.4, -0.2) is 52.7 Å². The Bertz CT molecular complexity index is 1030. The molecule has 0 bridgehead atoms. The van der Waals surface area contributed by atoms with Crippen LogP contribution < -0.4 is 4.90 Å². The molecule has 1 saturated heterocycles. The molecule has 3 heterocycles. The molecule has 2 aromatic heterocycles. The summed E-state index contributed by atoms with van der Waals surface area (Å²) in [6, 6.07) is 11.5. The number of thiophene rings is 1. The molecule has 1 fully saturated rings. The molecule has 0 radical (unpaired) electrons. The molecule has 0 aliphatic carbocycles. The van der Waals surface area contributed by atoms with Crippen molar-refractivity contribution in [3.05, 3.63) is 53.2 Å². The Kier molecular flexibility index (Phi) is 6.38. The number of anilines is 1. The van der Waals surface area contributed by atoms with E-state index < -0.39 is 0 Å². The number of hydrogen-bond acceptors (Lipinski definition) is 6. The topological polar surface area (TPSA) is 66.4 Å². The fourth-order valence-electron chi connectivity index (χ4n) is 3.81. The summed E-state index contributed by atoms with van der Waals surface area (Å²) in [5.74, 6) is 1.20. The Balaban J connectivity index is 1.29. The Morgan fingerprint density at radius 1 is 1.03 bits per heavy atom. The van der Waals surface area contributed by atoms with Crippen LogP contribution in [0.5, 0.6) is 0 Å². The van der Waals surface area contributed by atoms with Crippen LogP contribution >= 0.6 is 11.3 Å². The second-order valence-electron chi connectivity index (χ2n) is 7.49. The van der Waals surface area contributed by atoms with Crippen molar-refractivity contribution in [1.82, 2.24) is 14.9 Å². The molecule has 1 amide bonds. The third kappa shape index (κ3) is 4.51. The minimum absolute atomic E-state index is 0.100. The highest BCUT2D eigenvalue weighted by Gasteiger charge is 2.23. The molecule has 4 rings (SSSR count). The van der Waals surface area contributed by atoms with Crippen LogP contribution in [-0.2, 0) is 11.2 Å². The standard InChI is InChI=1S/C23H26N4O2S/c1-2-18-15-19-22(24-16-25-23(19)30-18)27-13-11-26(12-14-27)21(29)10-6-9-20(28)17-7-4-3-5-8-17/h3-5,7-8,15-16H,2,6,9-14H2,1H3. The number of amides is 1. The lowest BCUT2D eigenvalue weighted by Gasteiger charge is -2.35. The van der Waals surface area contributed by atoms with Crippen LogP contribution in [0.1, 0.15) is 41.4 Å². The van der Waals surface area contributed by atoms with Crippen molar-refractivity contribution in [1.29, 1.82) is 0 Å². The van der Waals surface area contributed by atoms with Crippen molar-refractivity contribution in [2.45, 2.75) is 32.6 Å². The minimum atomic E-state index is 0.100. The number of aromatic nitrogens is 2. The Morgan fingerprint density at radius 3 is 2.53 bits per heavy atom. The van der Waals surface area contributed by atoms with Crippen molar-refractivity contribution in [2.75, 3.05) is 31.1 Å². The normalized spacial score (nSPS) is 14.3. The van der Waals surface area contributed by atoms with Crippen molar-refractivity contribution < 1.29 is 9.59 Å². The van der Waals surface area contributed by atoms with Crippen LogP contribution in [0, 0.1) is 0 Å². The summed E-state index contributed by atoms with van der Waals surface area (Å²) in [4.78, 5) is 40.2. The summed E-state index contributed by atoms with van der Waals surface area (Å²) in [5, 5.41) is 1.11. The number of fused-ring (bicyclic) bond motifs is 1. The van der Waals surface area contributed by atoms with Crippen molar-refractivity contribution in [3.8, 4) is 0 Å². The molecule has 0 N–H and O–H groups in total. The van der Waals surface area contributed by atoms with Gasteiger partial charge in [-0.05, 0) is 18.9 Å². The third-order valence-corrected chi connectivity index (χ3v) is 6.72. The van der Waals surface area contributed by atoms with Gasteiger partial charge in [0.15, 0.2) is 5.78 Å². The van der Waals surface area contributed by atoms with Gasteiger partial charge in [-0.1, -0.05) is 37.3 Å². The van der Waals surface area contributed by atoms with Crippen LogP contribution in [0.2, 0.25) is 0 Å². The minimum Gasteiger partial charge on any atom is -0.352 e. The molecular formula is C23H26N4O2S. The highest BCUT2D eigenvalue weighted by Crippen LogP contribution is 2.31. The van der Waals surface area contributed by atoms with E-state index in [1.807, 2.05) is 35.2 Å². The predicted molar refractivity (Wildman–Crippen MR) is 120 cm³/mol. The van der Waals surface area contributed by atoms with Gasteiger partial charge in [-0.2, -0.15) is 0 Å². The molecular weight excluding hydrogens is 396 g/mol. The summed E-state index contributed by atoms with van der Waals surface area (Å²) < 4.78 is 0. The largest absolute Gasteiger partial charge is 0.352 e. The molecule has 30 heavy (non-hydrogen) atoms. The van der Waals surface area contributed by atoms with Gasteiger partial charge in [-0.15, -0.1) is 11.3 Å². The average molecular weight is 423 g/mol. The van der Waals surface area contributed by atoms with E-state index in [0.717, 1.165) is 41.1 Å². The van der Waals surface area contributed by atoms with E-state index in [9.17, 15) is 9.59 Å². The molecule has 0 saturated carbocycles. The highest BCUT2D eigenvalue weighted by molar-refractivity contribution is 7.18. The first-order valence-electron chi connectivity index (χ1n) is 10.5. The Hall–Kier alpha value is -2.80. The van der Waals surface area contributed by atoms with Crippen LogP contribution in [0.25, 0.3) is 10.2 Å². The Labute approximate surface area is 180 Å². The lowest BCUT2D eigenvalue weighted by Crippen LogP contribution is -2.49. The summed E-state index contributed by atoms with van der Waals surface area (Å²) in [5.41, 5.74) is 0.717. The second-order valence-corrected chi connectivity index (χ2v) is 8.61. The van der Waals surface area contributed by atoms with Gasteiger partial charge in [0.2, 0.25) is 5.91 Å². The summed E-state index contributed by atoms with van der Waals surface area (Å²) in [7, 11) is 0. The zero-order valence-electron chi connectivity index (χ0n) is 17.2. The van der Waals surface area contributed by atoms with Gasteiger partial charge in [0, 0.05) is 49.5 Å². The first kappa shape index (κ1) is 20.5. The van der Waals surface area contributed by atoms with Crippen LogP contribution in [0.4, 0.5) is 5.82 Å². The van der Waals surface area contributed by atoms with Crippen molar-refractivity contribution in [2.24, 2.45) is 0 Å². The number of rotatable bonds is 7. The van der Waals surface area contributed by atoms with Gasteiger partial charge >= 0.3 is 0 Å². The fourth-order valence-corrected chi connectivity index (χ4v) is 4.74. The van der Waals surface area contributed by atoms with Crippen LogP contribution in [0.3, 0.4) is 0 Å². The number of benzene rings is 1. The number of carbonyl (C=O) groups excluding carboxylic acids is 2. The number of carbonyl (C=O) groups is 2. The van der Waals surface area contributed by atoms with Gasteiger partial charge in [0.25, 0.3) is 0 Å². The zero-order chi connectivity index (χ0) is 20.9. The number of aryl methyl sites for hydroxylation is 1. The van der Waals surface area contributed by atoms with E-state index in [1.165, 1.54) is 4.88 Å².